The SMILES string of the molecule is CN(CCC(=O)O)C(=O)C(F)(C(F)(F)F)C(F)(F)N1C(F)(F)C(F)(C(F)(F)F)OC(F)(C(F)(F)F)C1(F)F. The maximum absolute atomic E-state index is 14.8. The molecule has 1 rings (SSSR count). The maximum atomic E-state index is 14.8. The molecule has 0 bridgehead atoms. The zero-order valence-electron chi connectivity index (χ0n) is 17.3. The fraction of sp³-hybridized carbons (Fsp3) is 0.857. The van der Waals surface area contributed by atoms with Crippen LogP contribution in [0.15, 0.2) is 0 Å². The van der Waals surface area contributed by atoms with Crippen LogP contribution in [0.1, 0.15) is 6.42 Å². The van der Waals surface area contributed by atoms with Crippen molar-refractivity contribution in [1.82, 2.24) is 9.80 Å². The lowest BCUT2D eigenvalue weighted by atomic mass is 9.95. The average Bonchev–Trinajstić information content (AvgIpc) is 2.65. The molecule has 224 valence electrons. The van der Waals surface area contributed by atoms with Gasteiger partial charge in [-0.05, 0) is 0 Å². The van der Waals surface area contributed by atoms with E-state index in [9.17, 15) is 88.6 Å². The van der Waals surface area contributed by atoms with E-state index < -0.39 is 88.7 Å². The van der Waals surface area contributed by atoms with E-state index in [0.29, 0.717) is 0 Å². The van der Waals surface area contributed by atoms with Gasteiger partial charge in [-0.2, -0.15) is 74.6 Å². The van der Waals surface area contributed by atoms with Crippen LogP contribution >= 0.6 is 0 Å². The monoisotopic (exact) mass is 610 g/mol. The summed E-state index contributed by atoms with van der Waals surface area (Å²) >= 11 is 0. The largest absolute Gasteiger partial charge is 0.481 e. The molecule has 1 heterocycles. The van der Waals surface area contributed by atoms with Gasteiger partial charge in [-0.15, -0.1) is 4.90 Å². The summed E-state index contributed by atoms with van der Waals surface area (Å²) in [4.78, 5) is 16.5. The Hall–Kier alpha value is -2.40. The van der Waals surface area contributed by atoms with Gasteiger partial charge in [-0.25, -0.2) is 4.39 Å². The van der Waals surface area contributed by atoms with Crippen LogP contribution in [-0.4, -0.2) is 94.4 Å². The molecule has 3 atom stereocenters. The molecule has 24 heteroatoms. The minimum atomic E-state index is -8.44. The molecule has 3 unspecified atom stereocenters. The van der Waals surface area contributed by atoms with Crippen molar-refractivity contribution in [2.75, 3.05) is 13.6 Å². The number of carbonyl (C=O) groups excluding carboxylic acids is 1. The van der Waals surface area contributed by atoms with Crippen LogP contribution in [0, 0.1) is 0 Å². The van der Waals surface area contributed by atoms with Gasteiger partial charge in [-0.1, -0.05) is 0 Å². The first-order valence-electron chi connectivity index (χ1n) is 8.70. The van der Waals surface area contributed by atoms with Crippen molar-refractivity contribution < 1.29 is 98.5 Å². The van der Waals surface area contributed by atoms with Crippen LogP contribution in [0.25, 0.3) is 0 Å². The second-order valence-electron chi connectivity index (χ2n) is 7.27. The fourth-order valence-electron chi connectivity index (χ4n) is 2.79. The molecule has 6 nitrogen and oxygen atoms in total. The summed E-state index contributed by atoms with van der Waals surface area (Å²) in [5.74, 6) is -22.1. The van der Waals surface area contributed by atoms with E-state index in [1.54, 1.807) is 4.74 Å². The number of carbonyl (C=O) groups is 2. The van der Waals surface area contributed by atoms with Crippen LogP contribution in [-0.2, 0) is 14.3 Å². The van der Waals surface area contributed by atoms with Gasteiger partial charge in [0.25, 0.3) is 5.91 Å². The van der Waals surface area contributed by atoms with Crippen LogP contribution in [0.3, 0.4) is 0 Å². The van der Waals surface area contributed by atoms with E-state index in [1.165, 1.54) is 0 Å². The number of rotatable bonds is 6. The summed E-state index contributed by atoms with van der Waals surface area (Å²) in [6, 6.07) is -25.0. The lowest BCUT2D eigenvalue weighted by molar-refractivity contribution is -0.601. The van der Waals surface area contributed by atoms with Crippen molar-refractivity contribution in [3.05, 3.63) is 0 Å². The zero-order chi connectivity index (χ0) is 30.9. The number of ether oxygens (including phenoxy) is 1. The van der Waals surface area contributed by atoms with E-state index in [1.807, 2.05) is 0 Å². The highest BCUT2D eigenvalue weighted by Gasteiger charge is 2.98. The third kappa shape index (κ3) is 4.35. The van der Waals surface area contributed by atoms with Gasteiger partial charge in [-0.3, -0.25) is 14.3 Å². The predicted octanol–water partition coefficient (Wildman–Crippen LogP) is 4.76. The summed E-state index contributed by atoms with van der Waals surface area (Å²) in [6.07, 6.45) is -25.3. The van der Waals surface area contributed by atoms with E-state index >= 15 is 0 Å². The second kappa shape index (κ2) is 8.81. The molecular weight excluding hydrogens is 602 g/mol. The number of aliphatic carboxylic acids is 1. The zero-order valence-corrected chi connectivity index (χ0v) is 17.3. The van der Waals surface area contributed by atoms with Gasteiger partial charge in [0.05, 0.1) is 6.42 Å². The number of alkyl halides is 18. The molecule has 0 aliphatic carbocycles. The quantitative estimate of drug-likeness (QED) is 0.348. The number of morpholine rings is 1. The van der Waals surface area contributed by atoms with Crippen LogP contribution in [0.4, 0.5) is 79.0 Å². The Morgan fingerprint density at radius 1 is 0.763 bits per heavy atom. The summed E-state index contributed by atoms with van der Waals surface area (Å²) in [5.41, 5.74) is -7.74. The molecule has 1 fully saturated rings. The Balaban J connectivity index is 4.18. The number of halogens is 18. The van der Waals surface area contributed by atoms with Crippen molar-refractivity contribution in [2.45, 2.75) is 60.5 Å². The molecule has 1 aliphatic heterocycles. The number of carboxylic acid groups (broad SMARTS) is 1. The number of hydrogen-bond acceptors (Lipinski definition) is 4. The van der Waals surface area contributed by atoms with Crippen molar-refractivity contribution in [3.63, 3.8) is 0 Å². The highest BCUT2D eigenvalue weighted by Crippen LogP contribution is 2.67. The molecule has 0 aromatic carbocycles. The van der Waals surface area contributed by atoms with Crippen molar-refractivity contribution >= 4 is 11.9 Å². The summed E-state index contributed by atoms with van der Waals surface area (Å²) in [6.45, 7) is -1.78. The molecular formula is C14H8F18N2O4. The Morgan fingerprint density at radius 2 is 1.11 bits per heavy atom. The van der Waals surface area contributed by atoms with E-state index in [2.05, 4.69) is 0 Å². The average molecular weight is 610 g/mol. The van der Waals surface area contributed by atoms with Gasteiger partial charge in [0.1, 0.15) is 0 Å². The van der Waals surface area contributed by atoms with Crippen molar-refractivity contribution in [2.24, 2.45) is 0 Å². The molecule has 1 saturated heterocycles. The number of amides is 1. The van der Waals surface area contributed by atoms with Gasteiger partial charge >= 0.3 is 60.0 Å². The maximum Gasteiger partial charge on any atom is 0.456 e. The second-order valence-corrected chi connectivity index (χ2v) is 7.27. The summed E-state index contributed by atoms with van der Waals surface area (Å²) < 4.78 is 248. The lowest BCUT2D eigenvalue weighted by Crippen LogP contribution is -2.87. The van der Waals surface area contributed by atoms with Gasteiger partial charge < -0.3 is 10.0 Å². The summed E-state index contributed by atoms with van der Waals surface area (Å²) in [5, 5.41) is 8.36. The molecule has 1 amide bonds. The predicted molar refractivity (Wildman–Crippen MR) is 77.3 cm³/mol. The smallest absolute Gasteiger partial charge is 0.456 e. The molecule has 0 radical (unpaired) electrons. The number of carboxylic acids is 1. The highest BCUT2D eigenvalue weighted by atomic mass is 19.4. The van der Waals surface area contributed by atoms with Crippen LogP contribution < -0.4 is 0 Å². The molecule has 0 aromatic heterocycles. The molecule has 0 spiro atoms. The van der Waals surface area contributed by atoms with Crippen LogP contribution in [0.5, 0.6) is 0 Å². The Bertz CT molecular complexity index is 909. The molecule has 0 aromatic rings. The highest BCUT2D eigenvalue weighted by molar-refractivity contribution is 5.87. The lowest BCUT2D eigenvalue weighted by Gasteiger charge is -2.56. The Morgan fingerprint density at radius 3 is 1.37 bits per heavy atom. The molecule has 38 heavy (non-hydrogen) atoms. The first kappa shape index (κ1) is 33.6. The van der Waals surface area contributed by atoms with Gasteiger partial charge in [0, 0.05) is 13.6 Å². The van der Waals surface area contributed by atoms with Crippen LogP contribution in [0.2, 0.25) is 0 Å². The minimum Gasteiger partial charge on any atom is -0.481 e. The number of hydrogen-bond donors (Lipinski definition) is 1. The van der Waals surface area contributed by atoms with E-state index in [-0.39, 0.29) is 7.05 Å². The molecule has 1 aliphatic rings. The Kier molecular flexibility index (Phi) is 7.79. The van der Waals surface area contributed by atoms with Gasteiger partial charge in [0.15, 0.2) is 0 Å². The third-order valence-electron chi connectivity index (χ3n) is 4.73. The van der Waals surface area contributed by atoms with Crippen molar-refractivity contribution in [1.29, 1.82) is 0 Å². The first-order valence-corrected chi connectivity index (χ1v) is 8.70. The minimum absolute atomic E-state index is 0.221. The van der Waals surface area contributed by atoms with Gasteiger partial charge in [0.2, 0.25) is 0 Å². The van der Waals surface area contributed by atoms with Crippen molar-refractivity contribution in [3.8, 4) is 0 Å². The fourth-order valence-corrected chi connectivity index (χ4v) is 2.79. The Labute approximate surface area is 195 Å². The summed E-state index contributed by atoms with van der Waals surface area (Å²) in [7, 11) is -0.221. The van der Waals surface area contributed by atoms with E-state index in [0.717, 1.165) is 0 Å². The standard InChI is InChI=1S/C14H8F18N2O4/c1-33(3-2-4(35)36)5(37)6(15,9(18,19)20)12(27,28)34-13(29,30)7(16,10(21,22)23)38-8(17,11(24,25)26)14(34,31)32/h2-3H2,1H3,(H,35,36). The topological polar surface area (TPSA) is 70.1 Å². The normalized spacial score (nSPS) is 28.5. The molecule has 1 N–H and O–H groups in total. The first-order chi connectivity index (χ1) is 16.3. The number of nitrogens with zero attached hydrogens (tertiary/aromatic N) is 2. The van der Waals surface area contributed by atoms with E-state index in [4.69, 9.17) is 5.11 Å². The molecule has 0 saturated carbocycles. The third-order valence-corrected chi connectivity index (χ3v) is 4.73.